The minimum absolute atomic E-state index is 0.00261. The number of carbonyl (C=O) groups excluding carboxylic acids is 1. The van der Waals surface area contributed by atoms with Crippen molar-refractivity contribution in [3.8, 4) is 0 Å². The van der Waals surface area contributed by atoms with Gasteiger partial charge in [0.05, 0.1) is 12.0 Å². The summed E-state index contributed by atoms with van der Waals surface area (Å²) >= 11 is 6.34. The summed E-state index contributed by atoms with van der Waals surface area (Å²) in [5, 5.41) is 5.13. The lowest BCUT2D eigenvalue weighted by atomic mass is 9.94. The number of H-pyrrole nitrogens is 1. The molecule has 0 radical (unpaired) electrons. The lowest BCUT2D eigenvalue weighted by Crippen LogP contribution is -2.42. The number of fused-ring (bicyclic) bond motifs is 3. The molecule has 7 nitrogen and oxygen atoms in total. The standard InChI is InChI=1S/C19H22ClN5O2/c1-3-27-19(26)25-7-6-13-14-8-12(20)4-5-15(14)24-16(13)17(25)11-9-22-18(21-2)23-10-11/h5,8-10,12,17,24H,3-4,6-7H2,1-2H3,(H,21,22,23). The predicted molar refractivity (Wildman–Crippen MR) is 104 cm³/mol. The number of aromatic nitrogens is 3. The van der Waals surface area contributed by atoms with Crippen molar-refractivity contribution in [2.45, 2.75) is 31.2 Å². The first-order chi connectivity index (χ1) is 13.1. The van der Waals surface area contributed by atoms with Crippen LogP contribution in [0.5, 0.6) is 0 Å². The second kappa shape index (κ2) is 7.23. The zero-order valence-corrected chi connectivity index (χ0v) is 16.1. The molecule has 1 aliphatic heterocycles. The van der Waals surface area contributed by atoms with E-state index in [1.807, 2.05) is 6.92 Å². The fourth-order valence-corrected chi connectivity index (χ4v) is 4.02. The van der Waals surface area contributed by atoms with Crippen LogP contribution in [0, 0.1) is 0 Å². The molecular formula is C19H22ClN5O2. The molecule has 2 aromatic rings. The van der Waals surface area contributed by atoms with Gasteiger partial charge in [0.15, 0.2) is 0 Å². The maximum atomic E-state index is 12.6. The van der Waals surface area contributed by atoms with E-state index in [4.69, 9.17) is 16.3 Å². The molecule has 0 fully saturated rings. The number of carbonyl (C=O) groups is 1. The smallest absolute Gasteiger partial charge is 0.410 e. The number of halogens is 1. The van der Waals surface area contributed by atoms with Gasteiger partial charge in [0, 0.05) is 47.8 Å². The van der Waals surface area contributed by atoms with Gasteiger partial charge in [-0.3, -0.25) is 4.90 Å². The van der Waals surface area contributed by atoms with Gasteiger partial charge in [-0.25, -0.2) is 14.8 Å². The van der Waals surface area contributed by atoms with Crippen molar-refractivity contribution in [1.82, 2.24) is 19.9 Å². The molecular weight excluding hydrogens is 366 g/mol. The molecule has 2 N–H and O–H groups in total. The molecule has 0 spiro atoms. The van der Waals surface area contributed by atoms with Crippen LogP contribution in [-0.2, 0) is 11.2 Å². The van der Waals surface area contributed by atoms with Gasteiger partial charge in [-0.1, -0.05) is 12.2 Å². The summed E-state index contributed by atoms with van der Waals surface area (Å²) in [6.07, 6.45) is 8.94. The largest absolute Gasteiger partial charge is 0.450 e. The highest BCUT2D eigenvalue weighted by molar-refractivity contribution is 6.24. The van der Waals surface area contributed by atoms with E-state index < -0.39 is 0 Å². The molecule has 0 saturated heterocycles. The molecule has 2 unspecified atom stereocenters. The van der Waals surface area contributed by atoms with Gasteiger partial charge in [0.2, 0.25) is 5.95 Å². The molecule has 3 heterocycles. The summed E-state index contributed by atoms with van der Waals surface area (Å²) < 4.78 is 5.30. The van der Waals surface area contributed by atoms with Crippen LogP contribution in [0.2, 0.25) is 0 Å². The zero-order valence-electron chi connectivity index (χ0n) is 15.3. The Hall–Kier alpha value is -2.54. The van der Waals surface area contributed by atoms with E-state index in [0.29, 0.717) is 19.1 Å². The van der Waals surface area contributed by atoms with Crippen molar-refractivity contribution in [3.63, 3.8) is 0 Å². The first-order valence-electron chi connectivity index (χ1n) is 9.12. The number of ether oxygens (including phenoxy) is 1. The lowest BCUT2D eigenvalue weighted by Gasteiger charge is -2.34. The van der Waals surface area contributed by atoms with Crippen LogP contribution in [-0.4, -0.2) is 51.5 Å². The molecule has 0 aromatic carbocycles. The average molecular weight is 388 g/mol. The molecule has 0 saturated carbocycles. The molecule has 4 rings (SSSR count). The first kappa shape index (κ1) is 17.9. The Balaban J connectivity index is 1.85. The minimum atomic E-state index is -0.332. The van der Waals surface area contributed by atoms with Gasteiger partial charge < -0.3 is 15.0 Å². The molecule has 142 valence electrons. The zero-order chi connectivity index (χ0) is 19.0. The molecule has 2 aliphatic rings. The number of nitrogens with zero attached hydrogens (tertiary/aromatic N) is 3. The van der Waals surface area contributed by atoms with Gasteiger partial charge in [-0.2, -0.15) is 0 Å². The molecule has 0 bridgehead atoms. The highest BCUT2D eigenvalue weighted by Gasteiger charge is 2.35. The van der Waals surface area contributed by atoms with E-state index in [0.717, 1.165) is 34.7 Å². The van der Waals surface area contributed by atoms with E-state index in [-0.39, 0.29) is 17.5 Å². The number of hydrogen-bond acceptors (Lipinski definition) is 5. The number of rotatable bonds is 3. The first-order valence-corrected chi connectivity index (χ1v) is 9.56. The lowest BCUT2D eigenvalue weighted by molar-refractivity contribution is 0.0929. The van der Waals surface area contributed by atoms with E-state index >= 15 is 0 Å². The van der Waals surface area contributed by atoms with Crippen LogP contribution in [0.4, 0.5) is 10.7 Å². The van der Waals surface area contributed by atoms with Crippen LogP contribution in [0.3, 0.4) is 0 Å². The van der Waals surface area contributed by atoms with Gasteiger partial charge in [0.25, 0.3) is 0 Å². The summed E-state index contributed by atoms with van der Waals surface area (Å²) in [6, 6.07) is -0.320. The fourth-order valence-electron chi connectivity index (χ4n) is 3.80. The molecule has 2 atom stereocenters. The van der Waals surface area contributed by atoms with Crippen molar-refractivity contribution in [2.24, 2.45) is 0 Å². The number of nitrogens with one attached hydrogen (secondary N) is 2. The predicted octanol–water partition coefficient (Wildman–Crippen LogP) is 1.52. The van der Waals surface area contributed by atoms with Crippen LogP contribution in [0.25, 0.3) is 12.2 Å². The Labute approximate surface area is 162 Å². The maximum Gasteiger partial charge on any atom is 0.410 e. The van der Waals surface area contributed by atoms with Crippen molar-refractivity contribution >= 4 is 35.8 Å². The highest BCUT2D eigenvalue weighted by atomic mass is 35.5. The van der Waals surface area contributed by atoms with Gasteiger partial charge in [-0.05, 0) is 25.3 Å². The summed E-state index contributed by atoms with van der Waals surface area (Å²) in [7, 11) is 1.77. The number of aromatic amines is 1. The third-order valence-electron chi connectivity index (χ3n) is 5.01. The second-order valence-corrected chi connectivity index (χ2v) is 7.16. The summed E-state index contributed by atoms with van der Waals surface area (Å²) in [6.45, 7) is 2.71. The van der Waals surface area contributed by atoms with Crippen molar-refractivity contribution < 1.29 is 9.53 Å². The van der Waals surface area contributed by atoms with Gasteiger partial charge >= 0.3 is 6.09 Å². The molecule has 2 aromatic heterocycles. The second-order valence-electron chi connectivity index (χ2n) is 6.60. The van der Waals surface area contributed by atoms with E-state index in [2.05, 4.69) is 32.4 Å². The SMILES string of the molecule is CCOC(=O)N1CCc2c([nH]c3c2=CC(Cl)CC=3)C1c1cnc(NC)nc1. The van der Waals surface area contributed by atoms with Crippen LogP contribution in [0.15, 0.2) is 12.4 Å². The third-order valence-corrected chi connectivity index (χ3v) is 5.31. The number of hydrogen-bond donors (Lipinski definition) is 2. The van der Waals surface area contributed by atoms with E-state index in [9.17, 15) is 4.79 Å². The van der Waals surface area contributed by atoms with Crippen molar-refractivity contribution in [1.29, 1.82) is 0 Å². The Morgan fingerprint density at radius 2 is 2.22 bits per heavy atom. The molecule has 1 aliphatic carbocycles. The highest BCUT2D eigenvalue weighted by Crippen LogP contribution is 2.32. The molecule has 1 amide bonds. The van der Waals surface area contributed by atoms with Crippen molar-refractivity contribution in [2.75, 3.05) is 25.5 Å². The van der Waals surface area contributed by atoms with Crippen LogP contribution in [0.1, 0.15) is 36.2 Å². The topological polar surface area (TPSA) is 83.1 Å². The summed E-state index contributed by atoms with van der Waals surface area (Å²) in [5.74, 6) is 0.537. The Morgan fingerprint density at radius 3 is 2.93 bits per heavy atom. The average Bonchev–Trinajstić information content (AvgIpc) is 3.05. The number of amides is 1. The Kier molecular flexibility index (Phi) is 4.78. The van der Waals surface area contributed by atoms with Crippen molar-refractivity contribution in [3.05, 3.63) is 39.8 Å². The Bertz CT molecular complexity index is 969. The fraction of sp³-hybridized carbons (Fsp3) is 0.421. The maximum absolute atomic E-state index is 12.6. The number of alkyl halides is 1. The third kappa shape index (κ3) is 3.16. The number of anilines is 1. The summed E-state index contributed by atoms with van der Waals surface area (Å²) in [5.41, 5.74) is 3.03. The van der Waals surface area contributed by atoms with Crippen LogP contribution < -0.4 is 15.9 Å². The van der Waals surface area contributed by atoms with E-state index in [1.165, 1.54) is 5.56 Å². The van der Waals surface area contributed by atoms with Gasteiger partial charge in [-0.15, -0.1) is 11.6 Å². The normalized spacial score (nSPS) is 20.8. The minimum Gasteiger partial charge on any atom is -0.450 e. The summed E-state index contributed by atoms with van der Waals surface area (Å²) in [4.78, 5) is 26.5. The van der Waals surface area contributed by atoms with Gasteiger partial charge in [0.1, 0.15) is 6.04 Å². The quantitative estimate of drug-likeness (QED) is 0.780. The molecule has 8 heteroatoms. The monoisotopic (exact) mass is 387 g/mol. The van der Waals surface area contributed by atoms with E-state index in [1.54, 1.807) is 24.3 Å². The van der Waals surface area contributed by atoms with Crippen LogP contribution >= 0.6 is 11.6 Å². The molecule has 27 heavy (non-hydrogen) atoms. The Morgan fingerprint density at radius 1 is 1.44 bits per heavy atom.